The van der Waals surface area contributed by atoms with Crippen LogP contribution in [0.4, 0.5) is 0 Å². The summed E-state index contributed by atoms with van der Waals surface area (Å²) in [5, 5.41) is 0. The Labute approximate surface area is 90.4 Å². The first-order valence-electron chi connectivity index (χ1n) is 5.10. The Morgan fingerprint density at radius 1 is 1.73 bits per heavy atom. The third-order valence-electron chi connectivity index (χ3n) is 2.47. The van der Waals surface area contributed by atoms with Gasteiger partial charge in [0, 0.05) is 20.8 Å². The Hall–Kier alpha value is -0.850. The van der Waals surface area contributed by atoms with Crippen molar-refractivity contribution in [2.45, 2.75) is 12.5 Å². The Morgan fingerprint density at radius 2 is 2.53 bits per heavy atom. The second kappa shape index (κ2) is 6.60. The fourth-order valence-electron chi connectivity index (χ4n) is 1.50. The summed E-state index contributed by atoms with van der Waals surface area (Å²) in [5.41, 5.74) is 2.60. The second-order valence-electron chi connectivity index (χ2n) is 3.47. The lowest BCUT2D eigenvalue weighted by atomic mass is 10.2. The van der Waals surface area contributed by atoms with Gasteiger partial charge in [0.15, 0.2) is 0 Å². The summed E-state index contributed by atoms with van der Waals surface area (Å²) in [6, 6.07) is 0.363. The van der Waals surface area contributed by atoms with Gasteiger partial charge in [0.05, 0.1) is 25.8 Å². The van der Waals surface area contributed by atoms with Crippen molar-refractivity contribution in [1.82, 2.24) is 10.3 Å². The molecule has 0 amide bonds. The zero-order valence-electron chi connectivity index (χ0n) is 9.40. The summed E-state index contributed by atoms with van der Waals surface area (Å²) >= 11 is 0. The van der Waals surface area contributed by atoms with E-state index in [0.717, 1.165) is 19.6 Å². The van der Waals surface area contributed by atoms with Crippen LogP contribution in [0.25, 0.3) is 0 Å². The minimum absolute atomic E-state index is 0.363. The summed E-state index contributed by atoms with van der Waals surface area (Å²) in [4.78, 5) is 6.32. The molecule has 0 aromatic rings. The number of guanidine groups is 1. The summed E-state index contributed by atoms with van der Waals surface area (Å²) in [5.74, 6) is 6.10. The third kappa shape index (κ3) is 3.65. The highest BCUT2D eigenvalue weighted by Crippen LogP contribution is 2.10. The van der Waals surface area contributed by atoms with E-state index in [9.17, 15) is 0 Å². The molecule has 6 heteroatoms. The molecule has 0 radical (unpaired) electrons. The second-order valence-corrected chi connectivity index (χ2v) is 3.47. The fraction of sp³-hybridized carbons (Fsp3) is 0.889. The van der Waals surface area contributed by atoms with E-state index in [4.69, 9.17) is 15.3 Å². The van der Waals surface area contributed by atoms with Crippen molar-refractivity contribution in [3.05, 3.63) is 0 Å². The molecule has 0 aromatic carbocycles. The van der Waals surface area contributed by atoms with Crippen LogP contribution in [0.2, 0.25) is 0 Å². The molecule has 1 fully saturated rings. The summed E-state index contributed by atoms with van der Waals surface area (Å²) in [7, 11) is 3.62. The van der Waals surface area contributed by atoms with Crippen molar-refractivity contribution in [2.24, 2.45) is 10.8 Å². The van der Waals surface area contributed by atoms with E-state index in [2.05, 4.69) is 10.4 Å². The van der Waals surface area contributed by atoms with E-state index in [-0.39, 0.29) is 0 Å². The van der Waals surface area contributed by atoms with Crippen LogP contribution < -0.4 is 11.3 Å². The number of ether oxygens (including phenoxy) is 2. The van der Waals surface area contributed by atoms with Gasteiger partial charge in [-0.2, -0.15) is 0 Å². The van der Waals surface area contributed by atoms with Crippen LogP contribution in [-0.4, -0.2) is 57.4 Å². The highest BCUT2D eigenvalue weighted by Gasteiger charge is 2.22. The molecule has 0 saturated carbocycles. The smallest absolute Gasteiger partial charge is 0.208 e. The van der Waals surface area contributed by atoms with E-state index in [1.165, 1.54) is 0 Å². The zero-order chi connectivity index (χ0) is 11.1. The molecular weight excluding hydrogens is 196 g/mol. The molecular formula is C9H20N4O2. The van der Waals surface area contributed by atoms with Crippen LogP contribution in [0.1, 0.15) is 6.42 Å². The number of nitrogens with zero attached hydrogens (tertiary/aromatic N) is 2. The maximum Gasteiger partial charge on any atom is 0.208 e. The van der Waals surface area contributed by atoms with Gasteiger partial charge in [-0.15, -0.1) is 0 Å². The molecule has 88 valence electrons. The van der Waals surface area contributed by atoms with Crippen LogP contribution >= 0.6 is 0 Å². The van der Waals surface area contributed by atoms with Gasteiger partial charge in [-0.3, -0.25) is 5.43 Å². The molecule has 0 bridgehead atoms. The number of hydrogen-bond acceptors (Lipinski definition) is 4. The lowest BCUT2D eigenvalue weighted by Crippen LogP contribution is -2.48. The maximum absolute atomic E-state index is 5.42. The predicted octanol–water partition coefficient (Wildman–Crippen LogP) is -0.827. The first-order valence-corrected chi connectivity index (χ1v) is 5.10. The van der Waals surface area contributed by atoms with Crippen molar-refractivity contribution >= 4 is 5.96 Å². The van der Waals surface area contributed by atoms with Gasteiger partial charge >= 0.3 is 0 Å². The molecule has 15 heavy (non-hydrogen) atoms. The largest absolute Gasteiger partial charge is 0.383 e. The Bertz CT molecular complexity index is 204. The number of nitrogens with two attached hydrogens (primary N) is 1. The fourth-order valence-corrected chi connectivity index (χ4v) is 1.50. The summed E-state index contributed by atoms with van der Waals surface area (Å²) < 4.78 is 10.2. The van der Waals surface area contributed by atoms with Gasteiger partial charge in [0.2, 0.25) is 5.96 Å². The number of methoxy groups -OCH3 is 1. The lowest BCUT2D eigenvalue weighted by Gasteiger charge is -2.25. The molecule has 6 nitrogen and oxygen atoms in total. The average molecular weight is 216 g/mol. The minimum atomic E-state index is 0.363. The first kappa shape index (κ1) is 12.2. The molecule has 0 spiro atoms. The number of hydrazine groups is 1. The van der Waals surface area contributed by atoms with E-state index in [0.29, 0.717) is 25.2 Å². The Morgan fingerprint density at radius 3 is 3.07 bits per heavy atom. The van der Waals surface area contributed by atoms with Gasteiger partial charge in [0.1, 0.15) is 0 Å². The predicted molar refractivity (Wildman–Crippen MR) is 58.5 cm³/mol. The first-order chi connectivity index (χ1) is 7.29. The van der Waals surface area contributed by atoms with Crippen LogP contribution in [0.3, 0.4) is 0 Å². The topological polar surface area (TPSA) is 72.1 Å². The van der Waals surface area contributed by atoms with Gasteiger partial charge < -0.3 is 14.4 Å². The number of nitrogens with one attached hydrogen (secondary N) is 1. The van der Waals surface area contributed by atoms with E-state index >= 15 is 0 Å². The SMILES string of the molecule is COCCN=C(NN)N(C)C1CCOC1. The Balaban J connectivity index is 2.44. The van der Waals surface area contributed by atoms with E-state index < -0.39 is 0 Å². The quantitative estimate of drug-likeness (QED) is 0.211. The average Bonchev–Trinajstić information content (AvgIpc) is 2.77. The van der Waals surface area contributed by atoms with E-state index in [1.54, 1.807) is 7.11 Å². The number of likely N-dealkylation sites (N-methyl/N-ethyl adjacent to an activating group) is 1. The molecule has 0 aromatic heterocycles. The highest BCUT2D eigenvalue weighted by atomic mass is 16.5. The molecule has 1 aliphatic rings. The zero-order valence-corrected chi connectivity index (χ0v) is 9.40. The van der Waals surface area contributed by atoms with Gasteiger partial charge in [-0.05, 0) is 6.42 Å². The molecule has 0 aliphatic carbocycles. The Kier molecular flexibility index (Phi) is 5.38. The molecule has 1 unspecified atom stereocenters. The summed E-state index contributed by atoms with van der Waals surface area (Å²) in [6.07, 6.45) is 1.02. The summed E-state index contributed by atoms with van der Waals surface area (Å²) in [6.45, 7) is 2.75. The van der Waals surface area contributed by atoms with Crippen molar-refractivity contribution < 1.29 is 9.47 Å². The van der Waals surface area contributed by atoms with E-state index in [1.807, 2.05) is 11.9 Å². The lowest BCUT2D eigenvalue weighted by molar-refractivity contribution is 0.178. The maximum atomic E-state index is 5.42. The monoisotopic (exact) mass is 216 g/mol. The van der Waals surface area contributed by atoms with Crippen LogP contribution in [-0.2, 0) is 9.47 Å². The van der Waals surface area contributed by atoms with Crippen molar-refractivity contribution in [1.29, 1.82) is 0 Å². The minimum Gasteiger partial charge on any atom is -0.383 e. The molecule has 1 atom stereocenters. The van der Waals surface area contributed by atoms with Crippen LogP contribution in [0.15, 0.2) is 4.99 Å². The molecule has 1 heterocycles. The third-order valence-corrected chi connectivity index (χ3v) is 2.47. The molecule has 1 aliphatic heterocycles. The van der Waals surface area contributed by atoms with Crippen molar-refractivity contribution in [3.63, 3.8) is 0 Å². The van der Waals surface area contributed by atoms with Gasteiger partial charge in [-0.1, -0.05) is 0 Å². The molecule has 3 N–H and O–H groups in total. The number of aliphatic imine (C=N–C) groups is 1. The number of hydrogen-bond donors (Lipinski definition) is 2. The molecule has 1 rings (SSSR count). The van der Waals surface area contributed by atoms with Crippen LogP contribution in [0, 0.1) is 0 Å². The van der Waals surface area contributed by atoms with Gasteiger partial charge in [0.25, 0.3) is 0 Å². The molecule has 1 saturated heterocycles. The number of rotatable bonds is 4. The standard InChI is InChI=1S/C9H20N4O2/c1-13(8-3-5-15-7-8)9(12-10)11-4-6-14-2/h8H,3-7,10H2,1-2H3,(H,11,12). The van der Waals surface area contributed by atoms with Crippen molar-refractivity contribution in [2.75, 3.05) is 40.5 Å². The van der Waals surface area contributed by atoms with Crippen LogP contribution in [0.5, 0.6) is 0 Å². The van der Waals surface area contributed by atoms with Crippen molar-refractivity contribution in [3.8, 4) is 0 Å². The van der Waals surface area contributed by atoms with Gasteiger partial charge in [-0.25, -0.2) is 10.8 Å². The highest BCUT2D eigenvalue weighted by molar-refractivity contribution is 5.79. The normalized spacial score (nSPS) is 21.8.